The number of anilines is 2. The number of benzene rings is 3. The van der Waals surface area contributed by atoms with E-state index in [9.17, 15) is 18.0 Å². The number of aryl methyl sites for hydroxylation is 2. The fraction of sp³-hybridized carbons (Fsp3) is 0.111. The van der Waals surface area contributed by atoms with Crippen molar-refractivity contribution in [2.75, 3.05) is 10.0 Å². The van der Waals surface area contributed by atoms with Crippen LogP contribution < -0.4 is 15.4 Å². The Balaban J connectivity index is 1.54. The van der Waals surface area contributed by atoms with Crippen LogP contribution in [0, 0.1) is 13.8 Å². The number of sulfonamides is 1. The number of carbonyl (C=O) groups excluding carboxylic acids is 2. The van der Waals surface area contributed by atoms with Crippen molar-refractivity contribution in [1.29, 1.82) is 0 Å². The van der Waals surface area contributed by atoms with Gasteiger partial charge in [0.25, 0.3) is 15.9 Å². The lowest BCUT2D eigenvalue weighted by molar-refractivity contribution is 0.0869. The Bertz CT molecular complexity index is 1490. The number of aromatic nitrogens is 2. The summed E-state index contributed by atoms with van der Waals surface area (Å²) < 4.78 is 28.0. The van der Waals surface area contributed by atoms with E-state index in [1.165, 1.54) is 24.3 Å². The summed E-state index contributed by atoms with van der Waals surface area (Å²) in [4.78, 5) is 34.2. The summed E-state index contributed by atoms with van der Waals surface area (Å²) in [5.41, 5.74) is 2.51. The van der Waals surface area contributed by atoms with E-state index in [0.29, 0.717) is 28.2 Å². The van der Waals surface area contributed by atoms with Gasteiger partial charge in [-0.1, -0.05) is 48.5 Å². The Morgan fingerprint density at radius 1 is 0.757 bits per heavy atom. The molecule has 0 bridgehead atoms. The number of hydrogen-bond donors (Lipinski definition) is 3. The van der Waals surface area contributed by atoms with Gasteiger partial charge in [0.2, 0.25) is 11.7 Å². The molecule has 9 nitrogen and oxygen atoms in total. The summed E-state index contributed by atoms with van der Waals surface area (Å²) in [6, 6.07) is 24.6. The molecule has 0 aliphatic heterocycles. The molecule has 4 rings (SSSR count). The molecule has 1 heterocycles. The van der Waals surface area contributed by atoms with Gasteiger partial charge in [-0.05, 0) is 56.3 Å². The van der Waals surface area contributed by atoms with Crippen LogP contribution in [0.3, 0.4) is 0 Å². The molecule has 10 heteroatoms. The molecule has 188 valence electrons. The van der Waals surface area contributed by atoms with Gasteiger partial charge < -0.3 is 10.6 Å². The molecule has 3 N–H and O–H groups in total. The summed E-state index contributed by atoms with van der Waals surface area (Å²) in [5, 5.41) is 5.72. The van der Waals surface area contributed by atoms with Gasteiger partial charge >= 0.3 is 0 Å². The highest BCUT2D eigenvalue weighted by molar-refractivity contribution is 7.92. The van der Waals surface area contributed by atoms with Gasteiger partial charge in [-0.2, -0.15) is 0 Å². The standard InChI is InChI=1S/C27H25N5O4S/c1-18-17-19(2)29-27(28-18)32-37(35,36)23-15-13-22(14-16-23)30-25(24(33)20-9-5-3-6-10-20)31-26(34)21-11-7-4-8-12-21/h3-17,25,30H,1-2H3,(H,31,34)(H,28,29,32). The summed E-state index contributed by atoms with van der Waals surface area (Å²) in [6.45, 7) is 3.49. The molecule has 37 heavy (non-hydrogen) atoms. The van der Waals surface area contributed by atoms with Gasteiger partial charge in [0.1, 0.15) is 0 Å². The van der Waals surface area contributed by atoms with Crippen LogP contribution in [0.2, 0.25) is 0 Å². The molecule has 0 saturated carbocycles. The Hall–Kier alpha value is -4.57. The Morgan fingerprint density at radius 3 is 1.86 bits per heavy atom. The quantitative estimate of drug-likeness (QED) is 0.227. The van der Waals surface area contributed by atoms with E-state index < -0.39 is 22.1 Å². The Kier molecular flexibility index (Phi) is 7.59. The molecular weight excluding hydrogens is 490 g/mol. The molecule has 1 amide bonds. The van der Waals surface area contributed by atoms with Crippen molar-refractivity contribution in [3.63, 3.8) is 0 Å². The molecule has 4 aromatic rings. The van der Waals surface area contributed by atoms with Crippen LogP contribution >= 0.6 is 0 Å². The van der Waals surface area contributed by atoms with E-state index in [-0.39, 0.29) is 16.6 Å². The number of rotatable bonds is 9. The molecule has 0 fully saturated rings. The Labute approximate surface area is 215 Å². The van der Waals surface area contributed by atoms with E-state index in [1.807, 2.05) is 0 Å². The average molecular weight is 516 g/mol. The Morgan fingerprint density at radius 2 is 1.30 bits per heavy atom. The first-order valence-corrected chi connectivity index (χ1v) is 12.9. The first-order chi connectivity index (χ1) is 17.7. The second kappa shape index (κ2) is 11.0. The zero-order valence-corrected chi connectivity index (χ0v) is 21.0. The largest absolute Gasteiger partial charge is 0.359 e. The number of nitrogens with zero attached hydrogens (tertiary/aromatic N) is 2. The third-order valence-electron chi connectivity index (χ3n) is 5.32. The maximum absolute atomic E-state index is 13.2. The van der Waals surface area contributed by atoms with Crippen LogP contribution in [0.5, 0.6) is 0 Å². The van der Waals surface area contributed by atoms with E-state index in [4.69, 9.17) is 0 Å². The highest BCUT2D eigenvalue weighted by Crippen LogP contribution is 2.18. The number of Topliss-reactive ketones (excluding diaryl/α,β-unsaturated/α-hetero) is 1. The lowest BCUT2D eigenvalue weighted by atomic mass is 10.1. The van der Waals surface area contributed by atoms with Gasteiger partial charge in [-0.25, -0.2) is 23.1 Å². The minimum atomic E-state index is -3.95. The monoisotopic (exact) mass is 515 g/mol. The summed E-state index contributed by atoms with van der Waals surface area (Å²) in [5.74, 6) is -0.800. The van der Waals surface area contributed by atoms with Gasteiger partial charge in [-0.3, -0.25) is 9.59 Å². The van der Waals surface area contributed by atoms with Crippen molar-refractivity contribution in [1.82, 2.24) is 15.3 Å². The zero-order valence-electron chi connectivity index (χ0n) is 20.2. The molecule has 0 aliphatic rings. The summed E-state index contributed by atoms with van der Waals surface area (Å²) >= 11 is 0. The van der Waals surface area contributed by atoms with E-state index in [0.717, 1.165) is 0 Å². The lowest BCUT2D eigenvalue weighted by Crippen LogP contribution is -2.46. The van der Waals surface area contributed by atoms with Crippen molar-refractivity contribution in [2.24, 2.45) is 0 Å². The smallest absolute Gasteiger partial charge is 0.264 e. The molecule has 1 aromatic heterocycles. The molecule has 0 radical (unpaired) electrons. The molecule has 3 aromatic carbocycles. The fourth-order valence-corrected chi connectivity index (χ4v) is 4.53. The minimum Gasteiger partial charge on any atom is -0.359 e. The number of hydrogen-bond acceptors (Lipinski definition) is 7. The zero-order chi connectivity index (χ0) is 26.4. The predicted molar refractivity (Wildman–Crippen MR) is 141 cm³/mol. The van der Waals surface area contributed by atoms with Crippen molar-refractivity contribution < 1.29 is 18.0 Å². The lowest BCUT2D eigenvalue weighted by Gasteiger charge is -2.21. The van der Waals surface area contributed by atoms with Crippen LogP contribution in [0.15, 0.2) is 95.9 Å². The number of carbonyl (C=O) groups is 2. The third-order valence-corrected chi connectivity index (χ3v) is 6.66. The van der Waals surface area contributed by atoms with Crippen molar-refractivity contribution in [3.8, 4) is 0 Å². The minimum absolute atomic E-state index is 0.0138. The van der Waals surface area contributed by atoms with Crippen LogP contribution in [0.4, 0.5) is 11.6 Å². The maximum Gasteiger partial charge on any atom is 0.264 e. The van der Waals surface area contributed by atoms with Crippen LogP contribution in [-0.4, -0.2) is 36.2 Å². The summed E-state index contributed by atoms with van der Waals surface area (Å²) in [6.07, 6.45) is -1.10. The van der Waals surface area contributed by atoms with E-state index >= 15 is 0 Å². The third kappa shape index (κ3) is 6.56. The van der Waals surface area contributed by atoms with Gasteiger partial charge in [0.15, 0.2) is 6.17 Å². The molecule has 0 saturated heterocycles. The second-order valence-electron chi connectivity index (χ2n) is 8.25. The van der Waals surface area contributed by atoms with Gasteiger partial charge in [0, 0.05) is 28.2 Å². The number of amides is 1. The van der Waals surface area contributed by atoms with Crippen LogP contribution in [0.1, 0.15) is 32.1 Å². The fourth-order valence-electron chi connectivity index (χ4n) is 3.59. The maximum atomic E-state index is 13.2. The normalized spacial score (nSPS) is 11.8. The highest BCUT2D eigenvalue weighted by Gasteiger charge is 2.23. The van der Waals surface area contributed by atoms with E-state index in [2.05, 4.69) is 25.3 Å². The van der Waals surface area contributed by atoms with E-state index in [1.54, 1.807) is 80.6 Å². The molecule has 1 unspecified atom stereocenters. The van der Waals surface area contributed by atoms with Crippen LogP contribution in [0.25, 0.3) is 0 Å². The average Bonchev–Trinajstić information content (AvgIpc) is 2.88. The number of nitrogens with one attached hydrogen (secondary N) is 3. The van der Waals surface area contributed by atoms with Crippen molar-refractivity contribution in [3.05, 3.63) is 114 Å². The predicted octanol–water partition coefficient (Wildman–Crippen LogP) is 3.95. The highest BCUT2D eigenvalue weighted by atomic mass is 32.2. The molecule has 0 spiro atoms. The second-order valence-corrected chi connectivity index (χ2v) is 9.93. The molecular formula is C27H25N5O4S. The molecule has 1 atom stereocenters. The topological polar surface area (TPSA) is 130 Å². The van der Waals surface area contributed by atoms with Crippen molar-refractivity contribution >= 4 is 33.3 Å². The summed E-state index contributed by atoms with van der Waals surface area (Å²) in [7, 11) is -3.95. The van der Waals surface area contributed by atoms with Crippen LogP contribution in [-0.2, 0) is 10.0 Å². The molecule has 0 aliphatic carbocycles. The first-order valence-electron chi connectivity index (χ1n) is 11.4. The first kappa shape index (κ1) is 25.5. The number of ketones is 1. The van der Waals surface area contributed by atoms with Gasteiger partial charge in [0.05, 0.1) is 4.90 Å². The van der Waals surface area contributed by atoms with Crippen molar-refractivity contribution in [2.45, 2.75) is 24.9 Å². The SMILES string of the molecule is Cc1cc(C)nc(NS(=O)(=O)c2ccc(NC(NC(=O)c3ccccc3)C(=O)c3ccccc3)cc2)n1. The van der Waals surface area contributed by atoms with Gasteiger partial charge in [-0.15, -0.1) is 0 Å².